The maximum Gasteiger partial charge on any atom is 0.226 e. The predicted molar refractivity (Wildman–Crippen MR) is 80.9 cm³/mol. The largest absolute Gasteiger partial charge is 0.497 e. The summed E-state index contributed by atoms with van der Waals surface area (Å²) in [5.41, 5.74) is 4.31. The number of nitrogens with zero attached hydrogens (tertiary/aromatic N) is 4. The van der Waals surface area contributed by atoms with Crippen molar-refractivity contribution in [3.8, 4) is 5.75 Å². The Labute approximate surface area is 125 Å². The summed E-state index contributed by atoms with van der Waals surface area (Å²) in [7, 11) is 1.62. The molecule has 0 aliphatic carbocycles. The number of nitrogens with one attached hydrogen (secondary N) is 2. The molecule has 0 radical (unpaired) electrons. The lowest BCUT2D eigenvalue weighted by Gasteiger charge is -2.01. The average Bonchev–Trinajstić information content (AvgIpc) is 2.96. The lowest BCUT2D eigenvalue weighted by molar-refractivity contribution is 0.415. The number of rotatable bonds is 4. The molecule has 0 atom stereocenters. The van der Waals surface area contributed by atoms with Crippen LogP contribution in [-0.4, -0.2) is 33.5 Å². The molecule has 0 saturated heterocycles. The van der Waals surface area contributed by atoms with Gasteiger partial charge in [-0.2, -0.15) is 20.2 Å². The first-order valence-electron chi connectivity index (χ1n) is 6.06. The minimum absolute atomic E-state index is 0.119. The van der Waals surface area contributed by atoms with Crippen LogP contribution in [0.4, 0.5) is 5.82 Å². The summed E-state index contributed by atoms with van der Waals surface area (Å²) < 4.78 is 5.09. The maximum atomic E-state index is 5.83. The maximum absolute atomic E-state index is 5.83. The van der Waals surface area contributed by atoms with E-state index in [0.29, 0.717) is 16.9 Å². The van der Waals surface area contributed by atoms with Gasteiger partial charge >= 0.3 is 0 Å². The number of hydrazone groups is 1. The monoisotopic (exact) mass is 302 g/mol. The minimum atomic E-state index is 0.119. The summed E-state index contributed by atoms with van der Waals surface area (Å²) in [5.74, 6) is 1.28. The van der Waals surface area contributed by atoms with Crippen molar-refractivity contribution in [1.82, 2.24) is 20.2 Å². The van der Waals surface area contributed by atoms with Gasteiger partial charge in [-0.1, -0.05) is 0 Å². The number of hydrogen-bond donors (Lipinski definition) is 2. The van der Waals surface area contributed by atoms with Crippen molar-refractivity contribution >= 4 is 34.7 Å². The van der Waals surface area contributed by atoms with Gasteiger partial charge in [0.2, 0.25) is 5.28 Å². The van der Waals surface area contributed by atoms with E-state index < -0.39 is 0 Å². The third-order valence-corrected chi connectivity index (χ3v) is 2.95. The highest BCUT2D eigenvalue weighted by molar-refractivity contribution is 6.28. The van der Waals surface area contributed by atoms with Crippen LogP contribution >= 0.6 is 11.6 Å². The van der Waals surface area contributed by atoms with Gasteiger partial charge in [-0.25, -0.2) is 0 Å². The zero-order valence-corrected chi connectivity index (χ0v) is 11.8. The van der Waals surface area contributed by atoms with E-state index in [0.717, 1.165) is 11.3 Å². The van der Waals surface area contributed by atoms with Crippen LogP contribution in [0.1, 0.15) is 5.56 Å². The smallest absolute Gasteiger partial charge is 0.226 e. The quantitative estimate of drug-likeness (QED) is 0.439. The Kier molecular flexibility index (Phi) is 3.65. The SMILES string of the molecule is COc1ccc(/C=N/Nc2nc(Cl)nc3[nH]ncc23)cc1. The minimum Gasteiger partial charge on any atom is -0.497 e. The van der Waals surface area contributed by atoms with Crippen LogP contribution < -0.4 is 10.2 Å². The normalized spacial score (nSPS) is 11.1. The molecule has 0 unspecified atom stereocenters. The van der Waals surface area contributed by atoms with E-state index in [9.17, 15) is 0 Å². The number of ether oxygens (including phenoxy) is 1. The standard InChI is InChI=1S/C13H11ClN6O/c1-21-9-4-2-8(3-5-9)6-15-19-11-10-7-16-20-12(10)18-13(14)17-11/h2-7H,1H3,(H2,16,17,18,19,20)/b15-6+. The van der Waals surface area contributed by atoms with Gasteiger partial charge in [0.25, 0.3) is 0 Å². The van der Waals surface area contributed by atoms with Crippen molar-refractivity contribution in [3.05, 3.63) is 41.3 Å². The van der Waals surface area contributed by atoms with Crippen molar-refractivity contribution in [1.29, 1.82) is 0 Å². The fourth-order valence-electron chi connectivity index (χ4n) is 1.75. The highest BCUT2D eigenvalue weighted by Gasteiger charge is 2.07. The molecule has 3 aromatic rings. The molecule has 3 rings (SSSR count). The number of anilines is 1. The zero-order valence-electron chi connectivity index (χ0n) is 11.0. The van der Waals surface area contributed by atoms with Gasteiger partial charge in [0.15, 0.2) is 11.5 Å². The van der Waals surface area contributed by atoms with Crippen molar-refractivity contribution in [3.63, 3.8) is 0 Å². The van der Waals surface area contributed by atoms with E-state index >= 15 is 0 Å². The van der Waals surface area contributed by atoms with E-state index in [1.807, 2.05) is 24.3 Å². The van der Waals surface area contributed by atoms with Gasteiger partial charge in [-0.05, 0) is 41.4 Å². The molecule has 0 aliphatic heterocycles. The van der Waals surface area contributed by atoms with E-state index in [4.69, 9.17) is 16.3 Å². The molecule has 0 fully saturated rings. The topological polar surface area (TPSA) is 88.1 Å². The number of benzene rings is 1. The molecule has 21 heavy (non-hydrogen) atoms. The van der Waals surface area contributed by atoms with E-state index in [-0.39, 0.29) is 5.28 Å². The summed E-state index contributed by atoms with van der Waals surface area (Å²) in [4.78, 5) is 8.09. The Morgan fingerprint density at radius 1 is 1.29 bits per heavy atom. The number of aromatic nitrogens is 4. The van der Waals surface area contributed by atoms with Crippen LogP contribution in [-0.2, 0) is 0 Å². The van der Waals surface area contributed by atoms with E-state index in [2.05, 4.69) is 30.7 Å². The van der Waals surface area contributed by atoms with Gasteiger partial charge in [-0.3, -0.25) is 10.5 Å². The van der Waals surface area contributed by atoms with Crippen LogP contribution in [0.15, 0.2) is 35.6 Å². The van der Waals surface area contributed by atoms with Crippen LogP contribution in [0, 0.1) is 0 Å². The molecular weight excluding hydrogens is 292 g/mol. The van der Waals surface area contributed by atoms with Crippen LogP contribution in [0.3, 0.4) is 0 Å². The Morgan fingerprint density at radius 3 is 2.86 bits per heavy atom. The fourth-order valence-corrected chi connectivity index (χ4v) is 1.92. The Bertz CT molecular complexity index is 783. The molecule has 0 aliphatic rings. The van der Waals surface area contributed by atoms with E-state index in [1.54, 1.807) is 19.5 Å². The first-order chi connectivity index (χ1) is 10.3. The van der Waals surface area contributed by atoms with Gasteiger partial charge in [-0.15, -0.1) is 0 Å². The molecule has 7 nitrogen and oxygen atoms in total. The number of H-pyrrole nitrogens is 1. The van der Waals surface area contributed by atoms with Crippen molar-refractivity contribution in [2.45, 2.75) is 0 Å². The Balaban J connectivity index is 1.79. The molecule has 8 heteroatoms. The highest BCUT2D eigenvalue weighted by atomic mass is 35.5. The number of halogens is 1. The number of hydrogen-bond acceptors (Lipinski definition) is 6. The second-order valence-corrected chi connectivity index (χ2v) is 4.45. The van der Waals surface area contributed by atoms with E-state index in [1.165, 1.54) is 0 Å². The second kappa shape index (κ2) is 5.76. The molecule has 2 N–H and O–H groups in total. The van der Waals surface area contributed by atoms with Gasteiger partial charge in [0, 0.05) is 0 Å². The van der Waals surface area contributed by atoms with Crippen LogP contribution in [0.5, 0.6) is 5.75 Å². The number of aromatic amines is 1. The summed E-state index contributed by atoms with van der Waals surface area (Å²) in [6, 6.07) is 7.50. The molecule has 2 heterocycles. The van der Waals surface area contributed by atoms with Gasteiger partial charge in [0.05, 0.1) is 24.9 Å². The molecular formula is C13H11ClN6O. The molecule has 0 bridgehead atoms. The van der Waals surface area contributed by atoms with Crippen molar-refractivity contribution in [2.24, 2.45) is 5.10 Å². The van der Waals surface area contributed by atoms with Crippen molar-refractivity contribution in [2.75, 3.05) is 12.5 Å². The lowest BCUT2D eigenvalue weighted by atomic mass is 10.2. The highest BCUT2D eigenvalue weighted by Crippen LogP contribution is 2.19. The zero-order chi connectivity index (χ0) is 14.7. The third-order valence-electron chi connectivity index (χ3n) is 2.78. The summed E-state index contributed by atoms with van der Waals surface area (Å²) >= 11 is 5.83. The first kappa shape index (κ1) is 13.3. The molecule has 106 valence electrons. The number of methoxy groups -OCH3 is 1. The van der Waals surface area contributed by atoms with Crippen molar-refractivity contribution < 1.29 is 4.74 Å². The molecule has 0 saturated carbocycles. The van der Waals surface area contributed by atoms with Crippen LogP contribution in [0.25, 0.3) is 11.0 Å². The summed E-state index contributed by atoms with van der Waals surface area (Å²) in [5, 5.41) is 11.6. The van der Waals surface area contributed by atoms with Gasteiger partial charge in [0.1, 0.15) is 5.75 Å². The molecule has 2 aromatic heterocycles. The lowest BCUT2D eigenvalue weighted by Crippen LogP contribution is -1.96. The molecule has 0 amide bonds. The van der Waals surface area contributed by atoms with Gasteiger partial charge < -0.3 is 4.74 Å². The van der Waals surface area contributed by atoms with Crippen LogP contribution in [0.2, 0.25) is 5.28 Å². The Hall–Kier alpha value is -2.67. The third kappa shape index (κ3) is 2.92. The first-order valence-corrected chi connectivity index (χ1v) is 6.44. The average molecular weight is 303 g/mol. The number of fused-ring (bicyclic) bond motifs is 1. The predicted octanol–water partition coefficient (Wildman–Crippen LogP) is 2.46. The summed E-state index contributed by atoms with van der Waals surface area (Å²) in [6.07, 6.45) is 3.28. The second-order valence-electron chi connectivity index (χ2n) is 4.12. The molecule has 0 spiro atoms. The molecule has 1 aromatic carbocycles. The fraction of sp³-hybridized carbons (Fsp3) is 0.0769. The Morgan fingerprint density at radius 2 is 2.10 bits per heavy atom. The summed E-state index contributed by atoms with van der Waals surface area (Å²) in [6.45, 7) is 0.